The van der Waals surface area contributed by atoms with Gasteiger partial charge in [-0.1, -0.05) is 32.1 Å². The molecular weight excluding hydrogens is 432 g/mol. The van der Waals surface area contributed by atoms with E-state index in [1.54, 1.807) is 4.90 Å². The Morgan fingerprint density at radius 2 is 1.72 bits per heavy atom. The Hall–Kier alpha value is -0.900. The van der Waals surface area contributed by atoms with Crippen molar-refractivity contribution in [1.29, 1.82) is 0 Å². The number of amides is 1. The summed E-state index contributed by atoms with van der Waals surface area (Å²) in [5, 5.41) is 0. The van der Waals surface area contributed by atoms with Gasteiger partial charge in [0.05, 0.1) is 31.1 Å². The highest BCUT2D eigenvalue weighted by molar-refractivity contribution is 7.89. The van der Waals surface area contributed by atoms with Crippen LogP contribution in [-0.4, -0.2) is 79.2 Å². The lowest BCUT2D eigenvalue weighted by Crippen LogP contribution is -2.51. The minimum atomic E-state index is -3.39. The molecule has 32 heavy (non-hydrogen) atoms. The predicted octanol–water partition coefficient (Wildman–Crippen LogP) is 3.75. The maximum atomic E-state index is 13.2. The second-order valence-electron chi connectivity index (χ2n) is 10.9. The maximum Gasteiger partial charge on any atom is 0.412 e. The molecule has 8 nitrogen and oxygen atoms in total. The molecule has 186 valence electrons. The Morgan fingerprint density at radius 3 is 2.31 bits per heavy atom. The van der Waals surface area contributed by atoms with Crippen molar-refractivity contribution in [3.05, 3.63) is 0 Å². The van der Waals surface area contributed by atoms with Crippen molar-refractivity contribution >= 4 is 16.1 Å². The van der Waals surface area contributed by atoms with Gasteiger partial charge in [-0.3, -0.25) is 4.90 Å². The number of carbonyl (C=O) groups is 1. The van der Waals surface area contributed by atoms with E-state index in [1.165, 1.54) is 23.6 Å². The van der Waals surface area contributed by atoms with Crippen LogP contribution in [0.5, 0.6) is 0 Å². The Balaban J connectivity index is 1.76. The number of rotatable bonds is 6. The monoisotopic (exact) mass is 474 g/mol. The molecule has 3 aliphatic rings. The number of morpholine rings is 1. The summed E-state index contributed by atoms with van der Waals surface area (Å²) in [6.45, 7) is 11.0. The molecule has 0 unspecified atom stereocenters. The van der Waals surface area contributed by atoms with Crippen LogP contribution in [0.4, 0.5) is 4.79 Å². The fraction of sp³-hybridized carbons (Fsp3) is 0.957. The molecule has 1 amide bonds. The van der Waals surface area contributed by atoms with Crippen molar-refractivity contribution in [1.82, 2.24) is 9.21 Å². The van der Waals surface area contributed by atoms with Gasteiger partial charge in [0.1, 0.15) is 11.3 Å². The summed E-state index contributed by atoms with van der Waals surface area (Å²) in [6.07, 6.45) is 6.45. The number of nitrogens with zero attached hydrogens (tertiary/aromatic N) is 2. The van der Waals surface area contributed by atoms with Crippen LogP contribution >= 0.6 is 0 Å². The number of sulfonamides is 1. The summed E-state index contributed by atoms with van der Waals surface area (Å²) < 4.78 is 44.7. The van der Waals surface area contributed by atoms with E-state index < -0.39 is 21.3 Å². The third-order valence-electron chi connectivity index (χ3n) is 6.69. The van der Waals surface area contributed by atoms with E-state index in [0.717, 1.165) is 19.3 Å². The normalized spacial score (nSPS) is 28.1. The quantitative estimate of drug-likeness (QED) is 0.583. The molecule has 0 bridgehead atoms. The van der Waals surface area contributed by atoms with Gasteiger partial charge in [-0.15, -0.1) is 0 Å². The molecule has 3 fully saturated rings. The van der Waals surface area contributed by atoms with E-state index >= 15 is 0 Å². The molecule has 1 aliphatic carbocycles. The minimum Gasteiger partial charge on any atom is -0.444 e. The Kier molecular flexibility index (Phi) is 8.16. The molecule has 0 aromatic carbocycles. The summed E-state index contributed by atoms with van der Waals surface area (Å²) in [6, 6.07) is -0.192. The first-order chi connectivity index (χ1) is 14.9. The van der Waals surface area contributed by atoms with Gasteiger partial charge in [-0.2, -0.15) is 4.31 Å². The van der Waals surface area contributed by atoms with Crippen LogP contribution in [0.1, 0.15) is 79.6 Å². The van der Waals surface area contributed by atoms with Gasteiger partial charge in [-0.05, 0) is 53.4 Å². The molecule has 9 heteroatoms. The zero-order valence-corrected chi connectivity index (χ0v) is 21.3. The lowest BCUT2D eigenvalue weighted by Gasteiger charge is -2.37. The first kappa shape index (κ1) is 25.7. The average molecular weight is 475 g/mol. The molecule has 2 aliphatic heterocycles. The zero-order chi connectivity index (χ0) is 23.6. The predicted molar refractivity (Wildman–Crippen MR) is 123 cm³/mol. The molecule has 0 radical (unpaired) electrons. The topological polar surface area (TPSA) is 85.4 Å². The molecule has 0 aromatic rings. The second kappa shape index (κ2) is 10.2. The standard InChI is InChI=1S/C23H42N2O6S/c1-22(2,3)31-21(26)25-19(17-18-9-7-6-8-10-18)20(30-23(25,4)5)11-16-32(27,28)24-12-14-29-15-13-24/h18-20H,6-17H2,1-5H3/t19-,20-/m0/s1. The van der Waals surface area contributed by atoms with Crippen LogP contribution in [0.25, 0.3) is 0 Å². The van der Waals surface area contributed by atoms with Gasteiger partial charge in [0.15, 0.2) is 0 Å². The minimum absolute atomic E-state index is 0.0110. The number of hydrogen-bond acceptors (Lipinski definition) is 6. The summed E-state index contributed by atoms with van der Waals surface area (Å²) in [5.41, 5.74) is -1.46. The third-order valence-corrected chi connectivity index (χ3v) is 8.60. The van der Waals surface area contributed by atoms with Crippen molar-refractivity contribution in [2.75, 3.05) is 32.1 Å². The molecule has 2 heterocycles. The average Bonchev–Trinajstić information content (AvgIpc) is 2.96. The van der Waals surface area contributed by atoms with Crippen molar-refractivity contribution in [3.8, 4) is 0 Å². The third kappa shape index (κ3) is 6.58. The lowest BCUT2D eigenvalue weighted by atomic mass is 9.83. The molecule has 3 rings (SSSR count). The fourth-order valence-electron chi connectivity index (χ4n) is 5.23. The molecule has 0 N–H and O–H groups in total. The van der Waals surface area contributed by atoms with Gasteiger partial charge in [0.2, 0.25) is 10.0 Å². The van der Waals surface area contributed by atoms with Crippen molar-refractivity contribution < 1.29 is 27.4 Å². The van der Waals surface area contributed by atoms with E-state index in [-0.39, 0.29) is 24.0 Å². The highest BCUT2D eigenvalue weighted by atomic mass is 32.2. The van der Waals surface area contributed by atoms with Gasteiger partial charge >= 0.3 is 6.09 Å². The van der Waals surface area contributed by atoms with Crippen molar-refractivity contribution in [2.45, 2.75) is 103 Å². The second-order valence-corrected chi connectivity index (χ2v) is 13.0. The Morgan fingerprint density at radius 1 is 1.09 bits per heavy atom. The molecule has 2 saturated heterocycles. The van der Waals surface area contributed by atoms with Crippen LogP contribution in [0.2, 0.25) is 0 Å². The van der Waals surface area contributed by atoms with E-state index in [0.29, 0.717) is 38.6 Å². The van der Waals surface area contributed by atoms with Crippen LogP contribution in [0.3, 0.4) is 0 Å². The van der Waals surface area contributed by atoms with Crippen LogP contribution in [0.15, 0.2) is 0 Å². The lowest BCUT2D eigenvalue weighted by molar-refractivity contribution is -0.0792. The van der Waals surface area contributed by atoms with Crippen molar-refractivity contribution in [3.63, 3.8) is 0 Å². The number of hydrogen-bond donors (Lipinski definition) is 0. The van der Waals surface area contributed by atoms with E-state index in [9.17, 15) is 13.2 Å². The Labute approximate surface area is 194 Å². The number of carbonyl (C=O) groups excluding carboxylic acids is 1. The van der Waals surface area contributed by atoms with Gasteiger partial charge in [-0.25, -0.2) is 13.2 Å². The molecule has 2 atom stereocenters. The van der Waals surface area contributed by atoms with Crippen molar-refractivity contribution in [2.24, 2.45) is 5.92 Å². The first-order valence-electron chi connectivity index (χ1n) is 12.1. The van der Waals surface area contributed by atoms with Gasteiger partial charge in [0, 0.05) is 13.1 Å². The largest absolute Gasteiger partial charge is 0.444 e. The molecule has 0 aromatic heterocycles. The fourth-order valence-corrected chi connectivity index (χ4v) is 6.72. The van der Waals surface area contributed by atoms with Gasteiger partial charge < -0.3 is 14.2 Å². The molecule has 1 saturated carbocycles. The summed E-state index contributed by atoms with van der Waals surface area (Å²) >= 11 is 0. The zero-order valence-electron chi connectivity index (χ0n) is 20.5. The smallest absolute Gasteiger partial charge is 0.412 e. The van der Waals surface area contributed by atoms with Crippen LogP contribution in [0, 0.1) is 5.92 Å². The molecule has 0 spiro atoms. The van der Waals surface area contributed by atoms with E-state index in [1.807, 2.05) is 34.6 Å². The van der Waals surface area contributed by atoms with E-state index in [2.05, 4.69) is 0 Å². The number of ether oxygens (including phenoxy) is 3. The Bertz CT molecular complexity index is 736. The van der Waals surface area contributed by atoms with E-state index in [4.69, 9.17) is 14.2 Å². The summed E-state index contributed by atoms with van der Waals surface area (Å²) in [4.78, 5) is 14.9. The first-order valence-corrected chi connectivity index (χ1v) is 13.8. The van der Waals surface area contributed by atoms with Crippen LogP contribution in [-0.2, 0) is 24.2 Å². The summed E-state index contributed by atoms with van der Waals surface area (Å²) in [5.74, 6) is 0.534. The SMILES string of the molecule is CC(C)(C)OC(=O)N1[C@@H](CC2CCCCC2)[C@H](CCS(=O)(=O)N2CCOCC2)OC1(C)C. The van der Waals surface area contributed by atoms with Crippen LogP contribution < -0.4 is 0 Å². The molecular formula is C23H42N2O6S. The highest BCUT2D eigenvalue weighted by Crippen LogP contribution is 2.40. The summed E-state index contributed by atoms with van der Waals surface area (Å²) in [7, 11) is -3.39. The highest BCUT2D eigenvalue weighted by Gasteiger charge is 2.51. The van der Waals surface area contributed by atoms with Gasteiger partial charge in [0.25, 0.3) is 0 Å². The maximum absolute atomic E-state index is 13.2.